The van der Waals surface area contributed by atoms with Gasteiger partial charge in [0, 0.05) is 18.7 Å². The normalized spacial score (nSPS) is 28.1. The third-order valence-corrected chi connectivity index (χ3v) is 6.94. The predicted molar refractivity (Wildman–Crippen MR) is 83.9 cm³/mol. The number of hydrogen-bond acceptors (Lipinski definition) is 4. The van der Waals surface area contributed by atoms with Gasteiger partial charge in [-0.2, -0.15) is 4.99 Å². The van der Waals surface area contributed by atoms with Crippen LogP contribution < -0.4 is 0 Å². The van der Waals surface area contributed by atoms with Crippen LogP contribution in [-0.2, 0) is 21.2 Å². The average Bonchev–Trinajstić information content (AvgIpc) is 2.85. The van der Waals surface area contributed by atoms with Gasteiger partial charge >= 0.3 is 0 Å². The number of amides is 1. The molecule has 1 amide bonds. The molecule has 118 valence electrons. The Labute approximate surface area is 132 Å². The molecule has 2 unspecified atom stereocenters. The van der Waals surface area contributed by atoms with Gasteiger partial charge in [-0.05, 0) is 17.7 Å². The van der Waals surface area contributed by atoms with Crippen molar-refractivity contribution in [3.8, 4) is 0 Å². The van der Waals surface area contributed by atoms with Crippen LogP contribution in [0.4, 0.5) is 4.39 Å². The highest BCUT2D eigenvalue weighted by Crippen LogP contribution is 2.38. The minimum Gasteiger partial charge on any atom is -0.342 e. The summed E-state index contributed by atoms with van der Waals surface area (Å²) < 4.78 is 36.6. The fourth-order valence-corrected chi connectivity index (χ4v) is 6.74. The molecule has 2 saturated heterocycles. The summed E-state index contributed by atoms with van der Waals surface area (Å²) in [5.41, 5.74) is 0.850. The number of amidine groups is 1. The molecular formula is C14H15FN2O3S2. The van der Waals surface area contributed by atoms with Crippen LogP contribution in [0, 0.1) is 5.82 Å². The van der Waals surface area contributed by atoms with Gasteiger partial charge in [-0.15, -0.1) is 0 Å². The lowest BCUT2D eigenvalue weighted by molar-refractivity contribution is -0.115. The van der Waals surface area contributed by atoms with Crippen molar-refractivity contribution in [2.24, 2.45) is 4.99 Å². The quantitative estimate of drug-likeness (QED) is 0.814. The molecule has 8 heteroatoms. The van der Waals surface area contributed by atoms with Gasteiger partial charge in [0.15, 0.2) is 15.0 Å². The molecule has 0 spiro atoms. The highest BCUT2D eigenvalue weighted by Gasteiger charge is 2.48. The van der Waals surface area contributed by atoms with E-state index in [1.165, 1.54) is 30.8 Å². The second-order valence-electron chi connectivity index (χ2n) is 5.47. The summed E-state index contributed by atoms with van der Waals surface area (Å²) in [6.45, 7) is 1.78. The molecule has 2 atom stereocenters. The average molecular weight is 342 g/mol. The number of fused-ring (bicyclic) bond motifs is 1. The fraction of sp³-hybridized carbons (Fsp3) is 0.429. The molecule has 0 N–H and O–H groups in total. The van der Waals surface area contributed by atoms with Gasteiger partial charge in [0.1, 0.15) is 5.82 Å². The molecule has 0 aliphatic carbocycles. The number of aliphatic imine (C=N–C) groups is 1. The van der Waals surface area contributed by atoms with E-state index in [2.05, 4.69) is 4.99 Å². The van der Waals surface area contributed by atoms with E-state index in [9.17, 15) is 17.6 Å². The van der Waals surface area contributed by atoms with E-state index in [-0.39, 0.29) is 34.5 Å². The molecule has 2 aliphatic heterocycles. The molecule has 0 radical (unpaired) electrons. The molecule has 1 aromatic rings. The molecular weight excluding hydrogens is 327 g/mol. The SMILES string of the molecule is CC(=O)N=C1SC2CS(=O)(=O)CC2N1Cc1ccc(F)cc1. The van der Waals surface area contributed by atoms with Gasteiger partial charge in [-0.25, -0.2) is 12.8 Å². The largest absolute Gasteiger partial charge is 0.342 e. The molecule has 0 saturated carbocycles. The van der Waals surface area contributed by atoms with E-state index >= 15 is 0 Å². The van der Waals surface area contributed by atoms with Gasteiger partial charge in [0.25, 0.3) is 0 Å². The van der Waals surface area contributed by atoms with Crippen LogP contribution in [0.25, 0.3) is 0 Å². The van der Waals surface area contributed by atoms with Crippen LogP contribution in [-0.4, -0.2) is 47.2 Å². The minimum absolute atomic E-state index is 0.0722. The second kappa shape index (κ2) is 5.66. The third kappa shape index (κ3) is 3.17. The highest BCUT2D eigenvalue weighted by molar-refractivity contribution is 8.15. The number of carbonyl (C=O) groups excluding carboxylic acids is 1. The first-order valence-corrected chi connectivity index (χ1v) is 9.51. The van der Waals surface area contributed by atoms with Crippen molar-refractivity contribution >= 4 is 32.7 Å². The summed E-state index contributed by atoms with van der Waals surface area (Å²) >= 11 is 1.34. The summed E-state index contributed by atoms with van der Waals surface area (Å²) in [7, 11) is -3.05. The molecule has 2 heterocycles. The standard InChI is InChI=1S/C14H15FN2O3S2/c1-9(18)16-14-17(6-10-2-4-11(15)5-3-10)12-7-22(19,20)8-13(12)21-14/h2-5,12-13H,6-8H2,1H3. The summed E-state index contributed by atoms with van der Waals surface area (Å²) in [5.74, 6) is -0.449. The van der Waals surface area contributed by atoms with Gasteiger partial charge in [-0.1, -0.05) is 23.9 Å². The maximum atomic E-state index is 13.0. The zero-order valence-electron chi connectivity index (χ0n) is 11.9. The maximum Gasteiger partial charge on any atom is 0.244 e. The molecule has 5 nitrogen and oxygen atoms in total. The van der Waals surface area contributed by atoms with Crippen molar-refractivity contribution in [2.75, 3.05) is 11.5 Å². The smallest absolute Gasteiger partial charge is 0.244 e. The van der Waals surface area contributed by atoms with E-state index in [1.807, 2.05) is 4.90 Å². The van der Waals surface area contributed by atoms with Crippen molar-refractivity contribution in [2.45, 2.75) is 24.8 Å². The molecule has 0 bridgehead atoms. The number of nitrogens with zero attached hydrogens (tertiary/aromatic N) is 2. The zero-order valence-corrected chi connectivity index (χ0v) is 13.5. The Morgan fingerprint density at radius 1 is 1.36 bits per heavy atom. The first kappa shape index (κ1) is 15.5. The summed E-state index contributed by atoms with van der Waals surface area (Å²) in [6, 6.07) is 5.86. The second-order valence-corrected chi connectivity index (χ2v) is 8.83. The number of sulfone groups is 1. The first-order chi connectivity index (χ1) is 10.3. The van der Waals surface area contributed by atoms with Gasteiger partial charge in [-0.3, -0.25) is 4.79 Å². The zero-order chi connectivity index (χ0) is 15.9. The number of hydrogen-bond donors (Lipinski definition) is 0. The molecule has 2 aliphatic rings. The van der Waals surface area contributed by atoms with Crippen LogP contribution in [0.2, 0.25) is 0 Å². The number of thioether (sulfide) groups is 1. The van der Waals surface area contributed by atoms with Crippen molar-refractivity contribution in [3.63, 3.8) is 0 Å². The minimum atomic E-state index is -3.05. The summed E-state index contributed by atoms with van der Waals surface area (Å²) in [5, 5.41) is 0.463. The molecule has 2 fully saturated rings. The fourth-order valence-electron chi connectivity index (χ4n) is 2.74. The monoisotopic (exact) mass is 342 g/mol. The maximum absolute atomic E-state index is 13.0. The van der Waals surface area contributed by atoms with Crippen LogP contribution in [0.15, 0.2) is 29.3 Å². The predicted octanol–water partition coefficient (Wildman–Crippen LogP) is 1.44. The van der Waals surface area contributed by atoms with E-state index in [0.717, 1.165) is 5.56 Å². The molecule has 3 rings (SSSR count). The van der Waals surface area contributed by atoms with Gasteiger partial charge in [0.2, 0.25) is 5.91 Å². The first-order valence-electron chi connectivity index (χ1n) is 6.81. The Kier molecular flexibility index (Phi) is 3.98. The molecule has 1 aromatic carbocycles. The number of rotatable bonds is 2. The Balaban J connectivity index is 1.89. The van der Waals surface area contributed by atoms with Crippen molar-refractivity contribution in [1.82, 2.24) is 4.90 Å². The highest BCUT2D eigenvalue weighted by atomic mass is 32.2. The Bertz CT molecular complexity index is 731. The number of benzene rings is 1. The van der Waals surface area contributed by atoms with Gasteiger partial charge in [0.05, 0.1) is 17.5 Å². The topological polar surface area (TPSA) is 66.8 Å². The molecule has 0 aromatic heterocycles. The third-order valence-electron chi connectivity index (χ3n) is 3.69. The van der Waals surface area contributed by atoms with Crippen LogP contribution >= 0.6 is 11.8 Å². The Hall–Kier alpha value is -1.41. The van der Waals surface area contributed by atoms with Gasteiger partial charge < -0.3 is 4.90 Å². The number of carbonyl (C=O) groups is 1. The van der Waals surface area contributed by atoms with E-state index < -0.39 is 9.84 Å². The van der Waals surface area contributed by atoms with Crippen molar-refractivity contribution < 1.29 is 17.6 Å². The van der Waals surface area contributed by atoms with E-state index in [0.29, 0.717) is 11.7 Å². The lowest BCUT2D eigenvalue weighted by atomic mass is 10.1. The lowest BCUT2D eigenvalue weighted by Gasteiger charge is -2.24. The van der Waals surface area contributed by atoms with E-state index in [4.69, 9.17) is 0 Å². The number of halogens is 1. The summed E-state index contributed by atoms with van der Waals surface area (Å²) in [4.78, 5) is 17.1. The van der Waals surface area contributed by atoms with Crippen LogP contribution in [0.3, 0.4) is 0 Å². The van der Waals surface area contributed by atoms with Crippen LogP contribution in [0.5, 0.6) is 0 Å². The lowest BCUT2D eigenvalue weighted by Crippen LogP contribution is -2.37. The van der Waals surface area contributed by atoms with E-state index in [1.54, 1.807) is 12.1 Å². The Morgan fingerprint density at radius 2 is 2.05 bits per heavy atom. The summed E-state index contributed by atoms with van der Waals surface area (Å²) in [6.07, 6.45) is 0. The van der Waals surface area contributed by atoms with Crippen molar-refractivity contribution in [3.05, 3.63) is 35.6 Å². The van der Waals surface area contributed by atoms with Crippen LogP contribution in [0.1, 0.15) is 12.5 Å². The Morgan fingerprint density at radius 3 is 2.68 bits per heavy atom. The van der Waals surface area contributed by atoms with Crippen molar-refractivity contribution in [1.29, 1.82) is 0 Å². The molecule has 22 heavy (non-hydrogen) atoms.